The molecule has 0 amide bonds. The summed E-state index contributed by atoms with van der Waals surface area (Å²) in [5, 5.41) is 3.60. The summed E-state index contributed by atoms with van der Waals surface area (Å²) in [5.41, 5.74) is 0. The van der Waals surface area contributed by atoms with E-state index >= 15 is 0 Å². The van der Waals surface area contributed by atoms with E-state index in [4.69, 9.17) is 9.47 Å². The zero-order valence-electron chi connectivity index (χ0n) is 13.4. The zero-order valence-corrected chi connectivity index (χ0v) is 13.4. The second-order valence-corrected chi connectivity index (χ2v) is 6.42. The SMILES string of the molecule is CCCNC1CC(OC2CCCCCC2)C1OCCC. The number of hydrogen-bond donors (Lipinski definition) is 1. The second kappa shape index (κ2) is 9.01. The molecule has 118 valence electrons. The second-order valence-electron chi connectivity index (χ2n) is 6.42. The maximum absolute atomic E-state index is 6.36. The summed E-state index contributed by atoms with van der Waals surface area (Å²) in [6, 6.07) is 0.511. The van der Waals surface area contributed by atoms with Crippen LogP contribution in [-0.4, -0.2) is 37.5 Å². The van der Waals surface area contributed by atoms with Crippen LogP contribution in [0.3, 0.4) is 0 Å². The van der Waals surface area contributed by atoms with Crippen molar-refractivity contribution >= 4 is 0 Å². The van der Waals surface area contributed by atoms with Gasteiger partial charge in [0.2, 0.25) is 0 Å². The monoisotopic (exact) mass is 283 g/mol. The minimum absolute atomic E-state index is 0.282. The fourth-order valence-corrected chi connectivity index (χ4v) is 3.35. The summed E-state index contributed by atoms with van der Waals surface area (Å²) in [4.78, 5) is 0. The van der Waals surface area contributed by atoms with Gasteiger partial charge in [-0.25, -0.2) is 0 Å². The first-order valence-electron chi connectivity index (χ1n) is 8.85. The molecule has 0 heterocycles. The Labute approximate surface area is 124 Å². The van der Waals surface area contributed by atoms with Gasteiger partial charge in [0, 0.05) is 12.6 Å². The Kier molecular flexibility index (Phi) is 7.32. The van der Waals surface area contributed by atoms with Crippen LogP contribution >= 0.6 is 0 Å². The van der Waals surface area contributed by atoms with Crippen LogP contribution in [0.15, 0.2) is 0 Å². The molecule has 2 fully saturated rings. The third-order valence-corrected chi connectivity index (χ3v) is 4.59. The molecule has 2 aliphatic carbocycles. The molecule has 2 aliphatic rings. The molecule has 0 radical (unpaired) electrons. The standard InChI is InChI=1S/C17H33NO2/c1-3-11-18-15-13-16(17(15)19-12-4-2)20-14-9-7-5-6-8-10-14/h14-18H,3-13H2,1-2H3. The predicted octanol–water partition coefficient (Wildman–Crippen LogP) is 3.66. The summed E-state index contributed by atoms with van der Waals surface area (Å²) < 4.78 is 12.4. The number of hydrogen-bond acceptors (Lipinski definition) is 3. The largest absolute Gasteiger partial charge is 0.374 e. The van der Waals surface area contributed by atoms with Gasteiger partial charge in [-0.15, -0.1) is 0 Å². The Morgan fingerprint density at radius 3 is 2.40 bits per heavy atom. The van der Waals surface area contributed by atoms with Gasteiger partial charge in [-0.3, -0.25) is 0 Å². The lowest BCUT2D eigenvalue weighted by Crippen LogP contribution is -2.61. The van der Waals surface area contributed by atoms with Crippen molar-refractivity contribution in [2.75, 3.05) is 13.2 Å². The van der Waals surface area contributed by atoms with Crippen molar-refractivity contribution in [3.8, 4) is 0 Å². The van der Waals surface area contributed by atoms with Gasteiger partial charge in [0.25, 0.3) is 0 Å². The van der Waals surface area contributed by atoms with Crippen LogP contribution in [0.25, 0.3) is 0 Å². The molecule has 2 saturated carbocycles. The summed E-state index contributed by atoms with van der Waals surface area (Å²) >= 11 is 0. The quantitative estimate of drug-likeness (QED) is 0.690. The minimum Gasteiger partial charge on any atom is -0.374 e. The average Bonchev–Trinajstić information content (AvgIpc) is 2.71. The summed E-state index contributed by atoms with van der Waals surface area (Å²) in [7, 11) is 0. The van der Waals surface area contributed by atoms with E-state index < -0.39 is 0 Å². The van der Waals surface area contributed by atoms with Gasteiger partial charge in [-0.05, 0) is 38.6 Å². The first-order chi connectivity index (χ1) is 9.85. The summed E-state index contributed by atoms with van der Waals surface area (Å²) in [5.74, 6) is 0. The highest BCUT2D eigenvalue weighted by Gasteiger charge is 2.43. The van der Waals surface area contributed by atoms with E-state index in [1.807, 2.05) is 0 Å². The van der Waals surface area contributed by atoms with Crippen molar-refractivity contribution in [1.82, 2.24) is 5.32 Å². The molecule has 3 heteroatoms. The molecular formula is C17H33NO2. The Balaban J connectivity index is 1.77. The number of nitrogens with one attached hydrogen (secondary N) is 1. The molecule has 2 rings (SSSR count). The van der Waals surface area contributed by atoms with E-state index in [1.165, 1.54) is 44.9 Å². The van der Waals surface area contributed by atoms with Crippen LogP contribution in [0.2, 0.25) is 0 Å². The predicted molar refractivity (Wildman–Crippen MR) is 83.1 cm³/mol. The molecule has 3 nitrogen and oxygen atoms in total. The Hall–Kier alpha value is -0.120. The molecule has 3 unspecified atom stereocenters. The van der Waals surface area contributed by atoms with Crippen molar-refractivity contribution in [3.05, 3.63) is 0 Å². The van der Waals surface area contributed by atoms with E-state index in [2.05, 4.69) is 19.2 Å². The highest BCUT2D eigenvalue weighted by Crippen LogP contribution is 2.31. The van der Waals surface area contributed by atoms with Gasteiger partial charge in [-0.2, -0.15) is 0 Å². The molecule has 20 heavy (non-hydrogen) atoms. The van der Waals surface area contributed by atoms with Crippen LogP contribution in [0, 0.1) is 0 Å². The van der Waals surface area contributed by atoms with Crippen LogP contribution < -0.4 is 5.32 Å². The van der Waals surface area contributed by atoms with Crippen molar-refractivity contribution < 1.29 is 9.47 Å². The maximum Gasteiger partial charge on any atom is 0.0990 e. The molecule has 1 N–H and O–H groups in total. The topological polar surface area (TPSA) is 30.5 Å². The fourth-order valence-electron chi connectivity index (χ4n) is 3.35. The zero-order chi connectivity index (χ0) is 14.2. The lowest BCUT2D eigenvalue weighted by molar-refractivity contribution is -0.169. The van der Waals surface area contributed by atoms with E-state index in [0.717, 1.165) is 26.0 Å². The Morgan fingerprint density at radius 1 is 1.00 bits per heavy atom. The van der Waals surface area contributed by atoms with Crippen LogP contribution in [0.1, 0.15) is 71.6 Å². The molecular weight excluding hydrogens is 250 g/mol. The van der Waals surface area contributed by atoms with Crippen molar-refractivity contribution in [1.29, 1.82) is 0 Å². The maximum atomic E-state index is 6.36. The van der Waals surface area contributed by atoms with Gasteiger partial charge in [-0.1, -0.05) is 39.5 Å². The molecule has 3 atom stereocenters. The van der Waals surface area contributed by atoms with Crippen LogP contribution in [-0.2, 0) is 9.47 Å². The molecule has 0 aromatic carbocycles. The molecule has 0 aromatic rings. The average molecular weight is 283 g/mol. The normalized spacial score (nSPS) is 31.8. The minimum atomic E-state index is 0.282. The highest BCUT2D eigenvalue weighted by atomic mass is 16.6. The van der Waals surface area contributed by atoms with E-state index in [9.17, 15) is 0 Å². The summed E-state index contributed by atoms with van der Waals surface area (Å²) in [6.45, 7) is 6.34. The third-order valence-electron chi connectivity index (χ3n) is 4.59. The number of ether oxygens (including phenoxy) is 2. The van der Waals surface area contributed by atoms with E-state index in [-0.39, 0.29) is 6.10 Å². The van der Waals surface area contributed by atoms with E-state index in [0.29, 0.717) is 18.2 Å². The van der Waals surface area contributed by atoms with Gasteiger partial charge in [0.1, 0.15) is 0 Å². The van der Waals surface area contributed by atoms with Gasteiger partial charge in [0.15, 0.2) is 0 Å². The first-order valence-corrected chi connectivity index (χ1v) is 8.85. The smallest absolute Gasteiger partial charge is 0.0990 e. The molecule has 0 aromatic heterocycles. The number of rotatable bonds is 8. The molecule has 0 saturated heterocycles. The molecule has 0 bridgehead atoms. The van der Waals surface area contributed by atoms with Crippen molar-refractivity contribution in [2.45, 2.75) is 96.0 Å². The lowest BCUT2D eigenvalue weighted by Gasteiger charge is -2.45. The Bertz CT molecular complexity index is 251. The van der Waals surface area contributed by atoms with Gasteiger partial charge >= 0.3 is 0 Å². The van der Waals surface area contributed by atoms with Crippen LogP contribution in [0.4, 0.5) is 0 Å². The fraction of sp³-hybridized carbons (Fsp3) is 1.00. The van der Waals surface area contributed by atoms with Gasteiger partial charge in [0.05, 0.1) is 18.3 Å². The third kappa shape index (κ3) is 4.71. The molecule has 0 spiro atoms. The lowest BCUT2D eigenvalue weighted by atomic mass is 9.84. The first kappa shape index (κ1) is 16.3. The van der Waals surface area contributed by atoms with E-state index in [1.54, 1.807) is 0 Å². The van der Waals surface area contributed by atoms with Crippen LogP contribution in [0.5, 0.6) is 0 Å². The van der Waals surface area contributed by atoms with Crippen molar-refractivity contribution in [2.24, 2.45) is 0 Å². The van der Waals surface area contributed by atoms with Gasteiger partial charge < -0.3 is 14.8 Å². The highest BCUT2D eigenvalue weighted by molar-refractivity contribution is 4.97. The molecule has 0 aliphatic heterocycles. The van der Waals surface area contributed by atoms with Crippen molar-refractivity contribution in [3.63, 3.8) is 0 Å². The summed E-state index contributed by atoms with van der Waals surface area (Å²) in [6.07, 6.45) is 12.5. The Morgan fingerprint density at radius 2 is 1.75 bits per heavy atom.